The van der Waals surface area contributed by atoms with Crippen molar-refractivity contribution in [2.75, 3.05) is 6.54 Å². The molecule has 17 heavy (non-hydrogen) atoms. The van der Waals surface area contributed by atoms with Crippen molar-refractivity contribution in [1.82, 2.24) is 9.71 Å². The Labute approximate surface area is 105 Å². The molecule has 0 amide bonds. The molecule has 0 saturated carbocycles. The zero-order valence-corrected chi connectivity index (χ0v) is 11.0. The predicted molar refractivity (Wildman–Crippen MR) is 63.8 cm³/mol. The maximum atomic E-state index is 11.9. The van der Waals surface area contributed by atoms with Gasteiger partial charge in [0.1, 0.15) is 4.90 Å². The molecule has 0 aliphatic heterocycles. The Morgan fingerprint density at radius 1 is 1.59 bits per heavy atom. The van der Waals surface area contributed by atoms with E-state index in [9.17, 15) is 8.42 Å². The molecule has 0 saturated heterocycles. The summed E-state index contributed by atoms with van der Waals surface area (Å²) in [6, 6.07) is 3.40. The lowest BCUT2D eigenvalue weighted by Gasteiger charge is -2.16. The highest BCUT2D eigenvalue weighted by Crippen LogP contribution is 2.20. The molecular formula is C10H12ClN3O2S. The van der Waals surface area contributed by atoms with E-state index in [1.54, 1.807) is 13.8 Å². The van der Waals surface area contributed by atoms with E-state index >= 15 is 0 Å². The number of nitrogens with one attached hydrogen (secondary N) is 1. The molecule has 1 N–H and O–H groups in total. The third-order valence-electron chi connectivity index (χ3n) is 2.03. The van der Waals surface area contributed by atoms with Crippen molar-refractivity contribution in [3.63, 3.8) is 0 Å². The van der Waals surface area contributed by atoms with Crippen LogP contribution in [0.25, 0.3) is 0 Å². The second kappa shape index (κ2) is 5.00. The van der Waals surface area contributed by atoms with Gasteiger partial charge in [0.2, 0.25) is 10.0 Å². The molecule has 0 atom stereocenters. The predicted octanol–water partition coefficient (Wildman–Crippen LogP) is 1.56. The zero-order chi connectivity index (χ0) is 13.1. The second-order valence-corrected chi connectivity index (χ2v) is 6.27. The Hall–Kier alpha value is -1.16. The molecule has 1 aromatic rings. The Balaban J connectivity index is 2.92. The molecule has 0 radical (unpaired) electrons. The van der Waals surface area contributed by atoms with Gasteiger partial charge in [0.25, 0.3) is 0 Å². The number of pyridine rings is 1. The van der Waals surface area contributed by atoms with Crippen molar-refractivity contribution >= 4 is 21.6 Å². The van der Waals surface area contributed by atoms with Crippen molar-refractivity contribution in [1.29, 1.82) is 5.26 Å². The summed E-state index contributed by atoms with van der Waals surface area (Å²) < 4.78 is 26.1. The van der Waals surface area contributed by atoms with Gasteiger partial charge in [0, 0.05) is 18.9 Å². The summed E-state index contributed by atoms with van der Waals surface area (Å²) in [5, 5.41) is 8.89. The molecule has 1 aromatic heterocycles. The first kappa shape index (κ1) is 13.9. The van der Waals surface area contributed by atoms with Crippen molar-refractivity contribution in [2.45, 2.75) is 18.7 Å². The van der Waals surface area contributed by atoms with Crippen LogP contribution in [-0.2, 0) is 10.0 Å². The minimum atomic E-state index is -3.73. The number of aromatic nitrogens is 1. The first-order valence-electron chi connectivity index (χ1n) is 4.79. The molecule has 0 aromatic carbocycles. The SMILES string of the molecule is CC(C)(C#N)CNS(=O)(=O)c1cnccc1Cl. The van der Waals surface area contributed by atoms with E-state index in [0.29, 0.717) is 0 Å². The molecule has 0 bridgehead atoms. The van der Waals surface area contributed by atoms with E-state index < -0.39 is 15.4 Å². The summed E-state index contributed by atoms with van der Waals surface area (Å²) in [4.78, 5) is 3.62. The lowest BCUT2D eigenvalue weighted by molar-refractivity contribution is 0.478. The van der Waals surface area contributed by atoms with Gasteiger partial charge in [-0.25, -0.2) is 13.1 Å². The number of sulfonamides is 1. The second-order valence-electron chi connectivity index (χ2n) is 4.13. The Morgan fingerprint density at radius 3 is 2.76 bits per heavy atom. The Morgan fingerprint density at radius 2 is 2.24 bits per heavy atom. The molecule has 5 nitrogen and oxygen atoms in total. The molecule has 0 fully saturated rings. The highest BCUT2D eigenvalue weighted by atomic mass is 35.5. The minimum Gasteiger partial charge on any atom is -0.263 e. The summed E-state index contributed by atoms with van der Waals surface area (Å²) in [6.45, 7) is 3.29. The molecule has 1 heterocycles. The normalized spacial score (nSPS) is 12.1. The first-order chi connectivity index (χ1) is 7.78. The van der Waals surface area contributed by atoms with Crippen LogP contribution in [0.1, 0.15) is 13.8 Å². The molecule has 92 valence electrons. The van der Waals surface area contributed by atoms with Gasteiger partial charge < -0.3 is 0 Å². The average Bonchev–Trinajstić information content (AvgIpc) is 2.27. The molecular weight excluding hydrogens is 262 g/mol. The van der Waals surface area contributed by atoms with Crippen LogP contribution < -0.4 is 4.72 Å². The summed E-state index contributed by atoms with van der Waals surface area (Å²) in [5.74, 6) is 0. The first-order valence-corrected chi connectivity index (χ1v) is 6.65. The molecule has 0 spiro atoms. The van der Waals surface area contributed by atoms with E-state index in [1.165, 1.54) is 18.5 Å². The van der Waals surface area contributed by atoms with Crippen molar-refractivity contribution in [3.8, 4) is 6.07 Å². The number of hydrogen-bond acceptors (Lipinski definition) is 4. The topological polar surface area (TPSA) is 82.9 Å². The summed E-state index contributed by atoms with van der Waals surface area (Å²) in [5.41, 5.74) is -0.776. The van der Waals surface area contributed by atoms with Crippen LogP contribution in [0, 0.1) is 16.7 Å². The van der Waals surface area contributed by atoms with Gasteiger partial charge >= 0.3 is 0 Å². The average molecular weight is 274 g/mol. The fourth-order valence-electron chi connectivity index (χ4n) is 0.953. The maximum Gasteiger partial charge on any atom is 0.243 e. The highest BCUT2D eigenvalue weighted by molar-refractivity contribution is 7.89. The molecule has 0 aliphatic rings. The quantitative estimate of drug-likeness (QED) is 0.902. The van der Waals surface area contributed by atoms with Gasteiger partial charge in [-0.2, -0.15) is 5.26 Å². The summed E-state index contributed by atoms with van der Waals surface area (Å²) in [6.07, 6.45) is 2.57. The Kier molecular flexibility index (Phi) is 4.09. The molecule has 7 heteroatoms. The van der Waals surface area contributed by atoms with E-state index in [4.69, 9.17) is 16.9 Å². The van der Waals surface area contributed by atoms with E-state index in [2.05, 4.69) is 9.71 Å². The maximum absolute atomic E-state index is 11.9. The molecule has 0 aliphatic carbocycles. The van der Waals surface area contributed by atoms with Crippen LogP contribution in [0.3, 0.4) is 0 Å². The van der Waals surface area contributed by atoms with E-state index in [0.717, 1.165) is 0 Å². The highest BCUT2D eigenvalue weighted by Gasteiger charge is 2.23. The smallest absolute Gasteiger partial charge is 0.243 e. The fraction of sp³-hybridized carbons (Fsp3) is 0.400. The third-order valence-corrected chi connectivity index (χ3v) is 3.90. The van der Waals surface area contributed by atoms with Gasteiger partial charge in [-0.1, -0.05) is 11.6 Å². The largest absolute Gasteiger partial charge is 0.263 e. The van der Waals surface area contributed by atoms with Crippen LogP contribution in [0.4, 0.5) is 0 Å². The van der Waals surface area contributed by atoms with Crippen molar-refractivity contribution < 1.29 is 8.42 Å². The van der Waals surface area contributed by atoms with Gasteiger partial charge in [-0.3, -0.25) is 4.98 Å². The number of halogens is 1. The third kappa shape index (κ3) is 3.66. The standard InChI is InChI=1S/C10H12ClN3O2S/c1-10(2,6-12)7-14-17(15,16)9-5-13-4-3-8(9)11/h3-5,14H,7H2,1-2H3. The van der Waals surface area contributed by atoms with Crippen LogP contribution in [0.15, 0.2) is 23.4 Å². The van der Waals surface area contributed by atoms with E-state index in [1.807, 2.05) is 6.07 Å². The van der Waals surface area contributed by atoms with Gasteiger partial charge in [0.05, 0.1) is 16.5 Å². The van der Waals surface area contributed by atoms with Gasteiger partial charge in [0.15, 0.2) is 0 Å². The minimum absolute atomic E-state index is 0.0110. The summed E-state index contributed by atoms with van der Waals surface area (Å²) in [7, 11) is -3.73. The number of nitrogens with zero attached hydrogens (tertiary/aromatic N) is 2. The van der Waals surface area contributed by atoms with Crippen LogP contribution in [-0.4, -0.2) is 19.9 Å². The summed E-state index contributed by atoms with van der Waals surface area (Å²) >= 11 is 5.77. The number of rotatable bonds is 4. The molecule has 0 unspecified atom stereocenters. The van der Waals surface area contributed by atoms with Crippen molar-refractivity contribution in [3.05, 3.63) is 23.5 Å². The molecule has 1 rings (SSSR count). The lowest BCUT2D eigenvalue weighted by Crippen LogP contribution is -2.33. The zero-order valence-electron chi connectivity index (χ0n) is 9.44. The van der Waals surface area contributed by atoms with Gasteiger partial charge in [-0.05, 0) is 19.9 Å². The Bertz CT molecular complexity index is 549. The number of nitriles is 1. The monoisotopic (exact) mass is 273 g/mol. The van der Waals surface area contributed by atoms with Crippen LogP contribution in [0.5, 0.6) is 0 Å². The lowest BCUT2D eigenvalue weighted by atomic mass is 9.97. The van der Waals surface area contributed by atoms with Crippen molar-refractivity contribution in [2.24, 2.45) is 5.41 Å². The van der Waals surface area contributed by atoms with Crippen LogP contribution in [0.2, 0.25) is 5.02 Å². The van der Waals surface area contributed by atoms with Crippen LogP contribution >= 0.6 is 11.6 Å². The van der Waals surface area contributed by atoms with Gasteiger partial charge in [-0.15, -0.1) is 0 Å². The fourth-order valence-corrected chi connectivity index (χ4v) is 2.59. The number of hydrogen-bond donors (Lipinski definition) is 1. The van der Waals surface area contributed by atoms with E-state index in [-0.39, 0.29) is 16.5 Å².